The molecule has 0 atom stereocenters. The van der Waals surface area contributed by atoms with Crippen molar-refractivity contribution < 1.29 is 0 Å². The van der Waals surface area contributed by atoms with Crippen LogP contribution < -0.4 is 26.3 Å². The SMILES string of the molecule is Cc1cc2c3c(c1)N(c1ccc(C(C)(C)C)cc1)c1c4n(c5ccccc15)-c1cc(-c5ccccc5)cc(c1B34)N2c1ccc(C(C)(C)C)cc1. The van der Waals surface area contributed by atoms with E-state index in [1.807, 2.05) is 0 Å². The van der Waals surface area contributed by atoms with Gasteiger partial charge in [-0.1, -0.05) is 114 Å². The summed E-state index contributed by atoms with van der Waals surface area (Å²) in [5, 5.41) is 1.29. The molecule has 3 nitrogen and oxygen atoms in total. The monoisotopic (exact) mass is 659 g/mol. The zero-order chi connectivity index (χ0) is 35.0. The standard InChI is InChI=1S/C47H42BN3/c1-29-25-38-42-39(26-29)50(35-23-19-33(20-24-35)47(5,6)7)44-36-15-11-12-16-37(36)51-41-28-31(30-13-9-8-10-14-30)27-40(43(41)48(42)45(44)51)49(38)34-21-17-32(18-22-34)46(2,3)4/h8-28H,1-7H3. The smallest absolute Gasteiger partial charge is 0.275 e. The Balaban J connectivity index is 1.33. The number of benzene rings is 6. The van der Waals surface area contributed by atoms with Gasteiger partial charge in [0.05, 0.1) is 11.2 Å². The van der Waals surface area contributed by atoms with E-state index in [2.05, 4.69) is 190 Å². The topological polar surface area (TPSA) is 11.4 Å². The Kier molecular flexibility index (Phi) is 6.13. The third-order valence-corrected chi connectivity index (χ3v) is 11.4. The zero-order valence-corrected chi connectivity index (χ0v) is 30.5. The van der Waals surface area contributed by atoms with Gasteiger partial charge in [0, 0.05) is 45.1 Å². The molecule has 0 N–H and O–H groups in total. The Bertz CT molecular complexity index is 2550. The fourth-order valence-corrected chi connectivity index (χ4v) is 8.95. The number of para-hydroxylation sites is 1. The highest BCUT2D eigenvalue weighted by molar-refractivity contribution is 7.02. The predicted octanol–water partition coefficient (Wildman–Crippen LogP) is 10.6. The molecule has 10 rings (SSSR count). The number of rotatable bonds is 3. The lowest BCUT2D eigenvalue weighted by Crippen LogP contribution is -2.59. The maximum atomic E-state index is 2.59. The van der Waals surface area contributed by atoms with Crippen LogP contribution in [0.2, 0.25) is 0 Å². The van der Waals surface area contributed by atoms with Crippen LogP contribution in [0, 0.1) is 6.92 Å². The van der Waals surface area contributed by atoms with E-state index in [0.717, 1.165) is 0 Å². The molecule has 4 heteroatoms. The van der Waals surface area contributed by atoms with Crippen LogP contribution >= 0.6 is 0 Å². The summed E-state index contributed by atoms with van der Waals surface area (Å²) in [7, 11) is 0. The molecule has 3 aliphatic heterocycles. The van der Waals surface area contributed by atoms with Gasteiger partial charge in [-0.05, 0) is 111 Å². The maximum Gasteiger partial charge on any atom is 0.275 e. The number of aryl methyl sites for hydroxylation is 1. The van der Waals surface area contributed by atoms with Crippen LogP contribution in [0.4, 0.5) is 34.1 Å². The summed E-state index contributed by atoms with van der Waals surface area (Å²) in [6.45, 7) is 16.1. The van der Waals surface area contributed by atoms with E-state index in [9.17, 15) is 0 Å². The lowest BCUT2D eigenvalue weighted by molar-refractivity contribution is 0.590. The van der Waals surface area contributed by atoms with E-state index in [0.29, 0.717) is 0 Å². The van der Waals surface area contributed by atoms with Crippen LogP contribution in [0.25, 0.3) is 27.7 Å². The van der Waals surface area contributed by atoms with E-state index in [1.54, 1.807) is 0 Å². The van der Waals surface area contributed by atoms with Crippen LogP contribution in [0.15, 0.2) is 127 Å². The van der Waals surface area contributed by atoms with Gasteiger partial charge in [-0.2, -0.15) is 0 Å². The molecule has 6 aromatic carbocycles. The van der Waals surface area contributed by atoms with Crippen LogP contribution in [0.5, 0.6) is 0 Å². The molecule has 0 saturated carbocycles. The first-order valence-corrected chi connectivity index (χ1v) is 18.3. The van der Waals surface area contributed by atoms with Crippen molar-refractivity contribution in [2.45, 2.75) is 59.3 Å². The van der Waals surface area contributed by atoms with Crippen molar-refractivity contribution in [1.82, 2.24) is 4.57 Å². The summed E-state index contributed by atoms with van der Waals surface area (Å²) in [6, 6.07) is 48.3. The first-order chi connectivity index (χ1) is 24.5. The predicted molar refractivity (Wildman–Crippen MR) is 218 cm³/mol. The molecule has 51 heavy (non-hydrogen) atoms. The van der Waals surface area contributed by atoms with E-state index in [1.165, 1.54) is 95.1 Å². The van der Waals surface area contributed by atoms with Gasteiger partial charge in [0.25, 0.3) is 6.71 Å². The van der Waals surface area contributed by atoms with Crippen molar-refractivity contribution in [3.8, 4) is 16.8 Å². The van der Waals surface area contributed by atoms with Crippen LogP contribution in [-0.2, 0) is 10.8 Å². The van der Waals surface area contributed by atoms with Crippen molar-refractivity contribution in [3.05, 3.63) is 144 Å². The molecule has 248 valence electrons. The minimum absolute atomic E-state index is 0.0759. The lowest BCUT2D eigenvalue weighted by Gasteiger charge is -2.42. The third kappa shape index (κ3) is 4.26. The molecule has 0 bridgehead atoms. The molecule has 0 amide bonds. The maximum absolute atomic E-state index is 2.59. The van der Waals surface area contributed by atoms with E-state index in [4.69, 9.17) is 0 Å². The Morgan fingerprint density at radius 2 is 1.00 bits per heavy atom. The molecule has 3 aliphatic rings. The van der Waals surface area contributed by atoms with Gasteiger partial charge in [-0.3, -0.25) is 0 Å². The van der Waals surface area contributed by atoms with E-state index in [-0.39, 0.29) is 17.5 Å². The molecule has 0 spiro atoms. The van der Waals surface area contributed by atoms with Crippen LogP contribution in [0.3, 0.4) is 0 Å². The number of hydrogen-bond donors (Lipinski definition) is 0. The summed E-state index contributed by atoms with van der Waals surface area (Å²) in [5.41, 5.74) is 20.7. The molecule has 0 unspecified atom stereocenters. The Hall–Kier alpha value is -5.48. The number of fused-ring (bicyclic) bond motifs is 4. The summed E-state index contributed by atoms with van der Waals surface area (Å²) >= 11 is 0. The number of nitrogens with zero attached hydrogens (tertiary/aromatic N) is 3. The van der Waals surface area contributed by atoms with E-state index < -0.39 is 0 Å². The van der Waals surface area contributed by atoms with Crippen molar-refractivity contribution >= 4 is 68.3 Å². The Labute approximate surface area is 301 Å². The highest BCUT2D eigenvalue weighted by Crippen LogP contribution is 2.50. The molecule has 4 heterocycles. The van der Waals surface area contributed by atoms with Crippen molar-refractivity contribution in [2.75, 3.05) is 9.80 Å². The molecule has 0 saturated heterocycles. The van der Waals surface area contributed by atoms with Gasteiger partial charge in [-0.25, -0.2) is 0 Å². The van der Waals surface area contributed by atoms with Gasteiger partial charge < -0.3 is 14.4 Å². The van der Waals surface area contributed by atoms with Gasteiger partial charge >= 0.3 is 0 Å². The molecule has 0 aliphatic carbocycles. The van der Waals surface area contributed by atoms with Gasteiger partial charge in [0.2, 0.25) is 0 Å². The molecule has 0 radical (unpaired) electrons. The summed E-state index contributed by atoms with van der Waals surface area (Å²) in [5.74, 6) is 0. The summed E-state index contributed by atoms with van der Waals surface area (Å²) in [4.78, 5) is 5.12. The molecular formula is C47H42BN3. The second kappa shape index (κ2) is 10.3. The molecular weight excluding hydrogens is 617 g/mol. The average molecular weight is 660 g/mol. The van der Waals surface area contributed by atoms with Crippen molar-refractivity contribution in [3.63, 3.8) is 0 Å². The normalized spacial score (nSPS) is 14.1. The minimum Gasteiger partial charge on any atom is -0.320 e. The van der Waals surface area contributed by atoms with Gasteiger partial charge in [0.1, 0.15) is 0 Å². The highest BCUT2D eigenvalue weighted by Gasteiger charge is 2.51. The van der Waals surface area contributed by atoms with E-state index >= 15 is 0 Å². The number of hydrogen-bond acceptors (Lipinski definition) is 2. The van der Waals surface area contributed by atoms with Crippen molar-refractivity contribution in [1.29, 1.82) is 0 Å². The average Bonchev–Trinajstić information content (AvgIpc) is 3.63. The largest absolute Gasteiger partial charge is 0.320 e. The van der Waals surface area contributed by atoms with Gasteiger partial charge in [0.15, 0.2) is 0 Å². The summed E-state index contributed by atoms with van der Waals surface area (Å²) in [6.07, 6.45) is 0. The first-order valence-electron chi connectivity index (χ1n) is 18.3. The second-order valence-electron chi connectivity index (χ2n) is 16.8. The zero-order valence-electron chi connectivity index (χ0n) is 30.5. The fourth-order valence-electron chi connectivity index (χ4n) is 8.95. The molecule has 1 aromatic heterocycles. The first kappa shape index (κ1) is 30.4. The third-order valence-electron chi connectivity index (χ3n) is 11.4. The summed E-state index contributed by atoms with van der Waals surface area (Å²) < 4.78 is 2.59. The molecule has 7 aromatic rings. The van der Waals surface area contributed by atoms with Crippen LogP contribution in [0.1, 0.15) is 58.2 Å². The fraction of sp³-hybridized carbons (Fsp3) is 0.191. The number of anilines is 6. The highest BCUT2D eigenvalue weighted by atomic mass is 15.2. The minimum atomic E-state index is 0.0759. The lowest BCUT2D eigenvalue weighted by atomic mass is 9.36. The van der Waals surface area contributed by atoms with Crippen LogP contribution in [-0.4, -0.2) is 11.3 Å². The second-order valence-corrected chi connectivity index (χ2v) is 16.8. The number of aromatic nitrogens is 1. The quantitative estimate of drug-likeness (QED) is 0.175. The van der Waals surface area contributed by atoms with Crippen molar-refractivity contribution in [2.24, 2.45) is 0 Å². The van der Waals surface area contributed by atoms with Gasteiger partial charge in [-0.15, -0.1) is 0 Å². The Morgan fingerprint density at radius 1 is 0.490 bits per heavy atom. The molecule has 0 fully saturated rings. The Morgan fingerprint density at radius 3 is 1.63 bits per heavy atom.